The Labute approximate surface area is 114 Å². The van der Waals surface area contributed by atoms with Gasteiger partial charge in [0.15, 0.2) is 0 Å². The first kappa shape index (κ1) is 17.2. The van der Waals surface area contributed by atoms with E-state index in [1.807, 2.05) is 4.72 Å². The third-order valence-corrected chi connectivity index (χ3v) is 4.34. The standard InChI is InChI=1S/C10H17F3N2O4S/c11-10(12,13)7-14-20(18,19)15-9(8(16)17)5-3-1-2-4-6-9/h14-15H,1-7H2,(H,16,17). The topological polar surface area (TPSA) is 95.5 Å². The monoisotopic (exact) mass is 318 g/mol. The zero-order chi connectivity index (χ0) is 15.4. The quantitative estimate of drug-likeness (QED) is 0.663. The highest BCUT2D eigenvalue weighted by atomic mass is 32.2. The summed E-state index contributed by atoms with van der Waals surface area (Å²) < 4.78 is 62.4. The lowest BCUT2D eigenvalue weighted by Crippen LogP contribution is -2.57. The molecule has 1 aliphatic carbocycles. The van der Waals surface area contributed by atoms with Crippen molar-refractivity contribution in [2.24, 2.45) is 0 Å². The molecule has 0 atom stereocenters. The van der Waals surface area contributed by atoms with E-state index in [1.165, 1.54) is 4.72 Å². The van der Waals surface area contributed by atoms with Crippen LogP contribution >= 0.6 is 0 Å². The maximum Gasteiger partial charge on any atom is 0.402 e. The van der Waals surface area contributed by atoms with Crippen molar-refractivity contribution in [1.29, 1.82) is 0 Å². The second-order valence-corrected chi connectivity index (χ2v) is 6.34. The zero-order valence-corrected chi connectivity index (χ0v) is 11.5. The Morgan fingerprint density at radius 3 is 2.05 bits per heavy atom. The molecule has 0 aromatic heterocycles. The maximum atomic E-state index is 12.0. The number of nitrogens with one attached hydrogen (secondary N) is 2. The molecule has 20 heavy (non-hydrogen) atoms. The summed E-state index contributed by atoms with van der Waals surface area (Å²) in [6, 6.07) is 0. The van der Waals surface area contributed by atoms with E-state index in [-0.39, 0.29) is 12.8 Å². The van der Waals surface area contributed by atoms with Crippen molar-refractivity contribution in [3.8, 4) is 0 Å². The van der Waals surface area contributed by atoms with Crippen LogP contribution in [-0.2, 0) is 15.0 Å². The minimum Gasteiger partial charge on any atom is -0.480 e. The summed E-state index contributed by atoms with van der Waals surface area (Å²) in [6.07, 6.45) is -2.01. The molecule has 0 radical (unpaired) electrons. The van der Waals surface area contributed by atoms with Gasteiger partial charge in [-0.25, -0.2) is 0 Å². The summed E-state index contributed by atoms with van der Waals surface area (Å²) in [4.78, 5) is 11.3. The van der Waals surface area contributed by atoms with Crippen LogP contribution in [0.1, 0.15) is 38.5 Å². The summed E-state index contributed by atoms with van der Waals surface area (Å²) in [6.45, 7) is -1.74. The highest BCUT2D eigenvalue weighted by Crippen LogP contribution is 2.28. The summed E-state index contributed by atoms with van der Waals surface area (Å²) >= 11 is 0. The number of carboxylic acid groups (broad SMARTS) is 1. The van der Waals surface area contributed by atoms with E-state index in [1.54, 1.807) is 0 Å². The van der Waals surface area contributed by atoms with Crippen LogP contribution in [-0.4, -0.2) is 37.8 Å². The Bertz CT molecular complexity index is 442. The average Bonchev–Trinajstić information content (AvgIpc) is 2.52. The van der Waals surface area contributed by atoms with Gasteiger partial charge < -0.3 is 5.11 Å². The minimum absolute atomic E-state index is 0.0647. The van der Waals surface area contributed by atoms with Crippen LogP contribution in [0.5, 0.6) is 0 Å². The van der Waals surface area contributed by atoms with Gasteiger partial charge in [-0.2, -0.15) is 31.0 Å². The summed E-state index contributed by atoms with van der Waals surface area (Å²) in [7, 11) is -4.53. The van der Waals surface area contributed by atoms with Gasteiger partial charge in [-0.3, -0.25) is 4.79 Å². The van der Waals surface area contributed by atoms with Gasteiger partial charge >= 0.3 is 12.1 Å². The van der Waals surface area contributed by atoms with Crippen molar-refractivity contribution in [3.05, 3.63) is 0 Å². The van der Waals surface area contributed by atoms with Crippen LogP contribution in [0.15, 0.2) is 0 Å². The molecule has 10 heteroatoms. The van der Waals surface area contributed by atoms with Gasteiger partial charge in [0, 0.05) is 0 Å². The molecule has 0 heterocycles. The summed E-state index contributed by atoms with van der Waals surface area (Å²) in [5, 5.41) is 9.23. The number of rotatable bonds is 5. The first-order valence-corrected chi connectivity index (χ1v) is 7.63. The Morgan fingerprint density at radius 2 is 1.65 bits per heavy atom. The third kappa shape index (κ3) is 5.25. The van der Waals surface area contributed by atoms with E-state index in [0.717, 1.165) is 12.8 Å². The lowest BCUT2D eigenvalue weighted by molar-refractivity contribution is -0.144. The average molecular weight is 318 g/mol. The fraction of sp³-hybridized carbons (Fsp3) is 0.900. The fourth-order valence-corrected chi connectivity index (χ4v) is 3.39. The van der Waals surface area contributed by atoms with Crippen LogP contribution in [0.4, 0.5) is 13.2 Å². The number of hydrogen-bond acceptors (Lipinski definition) is 3. The molecule has 0 spiro atoms. The maximum absolute atomic E-state index is 12.0. The van der Waals surface area contributed by atoms with E-state index in [9.17, 15) is 31.5 Å². The van der Waals surface area contributed by atoms with Gasteiger partial charge in [0.2, 0.25) is 0 Å². The van der Waals surface area contributed by atoms with Crippen LogP contribution < -0.4 is 9.44 Å². The van der Waals surface area contributed by atoms with E-state index in [2.05, 4.69) is 0 Å². The summed E-state index contributed by atoms with van der Waals surface area (Å²) in [5.41, 5.74) is -1.73. The smallest absolute Gasteiger partial charge is 0.402 e. The molecule has 0 saturated heterocycles. The number of aliphatic carboxylic acids is 1. The zero-order valence-electron chi connectivity index (χ0n) is 10.7. The lowest BCUT2D eigenvalue weighted by atomic mass is 9.92. The summed E-state index contributed by atoms with van der Waals surface area (Å²) in [5.74, 6) is -1.36. The molecule has 0 amide bonds. The Morgan fingerprint density at radius 1 is 1.15 bits per heavy atom. The van der Waals surface area contributed by atoms with Crippen LogP contribution in [0.3, 0.4) is 0 Å². The highest BCUT2D eigenvalue weighted by molar-refractivity contribution is 7.87. The molecule has 6 nitrogen and oxygen atoms in total. The molecule has 1 rings (SSSR count). The number of alkyl halides is 3. The molecular formula is C10H17F3N2O4S. The van der Waals surface area contributed by atoms with Crippen molar-refractivity contribution in [1.82, 2.24) is 9.44 Å². The predicted molar refractivity (Wildman–Crippen MR) is 64.2 cm³/mol. The molecular weight excluding hydrogens is 301 g/mol. The first-order valence-electron chi connectivity index (χ1n) is 6.15. The fourth-order valence-electron chi connectivity index (χ4n) is 2.16. The number of carbonyl (C=O) groups is 1. The second-order valence-electron chi connectivity index (χ2n) is 4.84. The molecule has 1 fully saturated rings. The van der Waals surface area contributed by atoms with Gasteiger partial charge in [0.1, 0.15) is 12.1 Å². The van der Waals surface area contributed by atoms with Gasteiger partial charge in [-0.05, 0) is 12.8 Å². The largest absolute Gasteiger partial charge is 0.480 e. The molecule has 0 aromatic rings. The van der Waals surface area contributed by atoms with Crippen molar-refractivity contribution >= 4 is 16.2 Å². The van der Waals surface area contributed by atoms with Crippen LogP contribution in [0.25, 0.3) is 0 Å². The van der Waals surface area contributed by atoms with Gasteiger partial charge in [-0.1, -0.05) is 25.7 Å². The third-order valence-electron chi connectivity index (χ3n) is 3.16. The molecule has 3 N–H and O–H groups in total. The van der Waals surface area contributed by atoms with Gasteiger partial charge in [0.05, 0.1) is 0 Å². The van der Waals surface area contributed by atoms with Gasteiger partial charge in [0.25, 0.3) is 10.2 Å². The van der Waals surface area contributed by atoms with Crippen molar-refractivity contribution in [2.45, 2.75) is 50.2 Å². The SMILES string of the molecule is O=C(O)C1(NS(=O)(=O)NCC(F)(F)F)CCCCCC1. The van der Waals surface area contributed by atoms with Gasteiger partial charge in [-0.15, -0.1) is 0 Å². The number of hydrogen-bond donors (Lipinski definition) is 3. The molecule has 1 aliphatic rings. The van der Waals surface area contributed by atoms with Crippen LogP contribution in [0, 0.1) is 0 Å². The van der Waals surface area contributed by atoms with Crippen LogP contribution in [0.2, 0.25) is 0 Å². The predicted octanol–water partition coefficient (Wildman–Crippen LogP) is 1.15. The number of carboxylic acids is 1. The molecule has 0 unspecified atom stereocenters. The highest BCUT2D eigenvalue weighted by Gasteiger charge is 2.42. The Balaban J connectivity index is 2.81. The Kier molecular flexibility index (Phi) is 5.39. The molecule has 0 bridgehead atoms. The van der Waals surface area contributed by atoms with Crippen molar-refractivity contribution < 1.29 is 31.5 Å². The van der Waals surface area contributed by atoms with E-state index < -0.39 is 34.4 Å². The molecule has 0 aromatic carbocycles. The van der Waals surface area contributed by atoms with E-state index in [4.69, 9.17) is 0 Å². The van der Waals surface area contributed by atoms with Crippen molar-refractivity contribution in [2.75, 3.05) is 6.54 Å². The number of halogens is 3. The normalized spacial score (nSPS) is 20.4. The second kappa shape index (κ2) is 6.27. The minimum atomic E-state index is -4.70. The first-order chi connectivity index (χ1) is 9.06. The molecule has 1 saturated carbocycles. The Hall–Kier alpha value is -0.870. The molecule has 118 valence electrons. The lowest BCUT2D eigenvalue weighted by Gasteiger charge is -2.29. The molecule has 0 aliphatic heterocycles. The van der Waals surface area contributed by atoms with E-state index in [0.29, 0.717) is 12.8 Å². The van der Waals surface area contributed by atoms with Crippen molar-refractivity contribution in [3.63, 3.8) is 0 Å². The van der Waals surface area contributed by atoms with E-state index >= 15 is 0 Å².